The molecule has 0 radical (unpaired) electrons. The Kier molecular flexibility index (Phi) is 6.97. The van der Waals surface area contributed by atoms with Crippen molar-refractivity contribution in [3.63, 3.8) is 0 Å². The third-order valence-electron chi connectivity index (χ3n) is 4.88. The van der Waals surface area contributed by atoms with Crippen molar-refractivity contribution in [2.75, 3.05) is 7.11 Å². The molecule has 1 fully saturated rings. The lowest BCUT2D eigenvalue weighted by atomic mass is 10.1. The van der Waals surface area contributed by atoms with Gasteiger partial charge in [-0.15, -0.1) is 0 Å². The average Bonchev–Trinajstić information content (AvgIpc) is 3.10. The summed E-state index contributed by atoms with van der Waals surface area (Å²) >= 11 is 4.69. The van der Waals surface area contributed by atoms with Crippen LogP contribution in [0.5, 0.6) is 11.5 Å². The number of nitrogens with zero attached hydrogens (tertiary/aromatic N) is 2. The molecule has 0 aromatic heterocycles. The van der Waals surface area contributed by atoms with Gasteiger partial charge in [-0.1, -0.05) is 60.7 Å². The zero-order chi connectivity index (χ0) is 22.5. The summed E-state index contributed by atoms with van der Waals surface area (Å²) in [7, 11) is 1.49. The van der Waals surface area contributed by atoms with Crippen LogP contribution in [0.25, 0.3) is 6.08 Å². The molecule has 0 atom stereocenters. The SMILES string of the molecule is COc1cc(/C=C2/SC(=NCc3ccccc3)N(Cc3ccccc3)C2=O)cc(Br)c1O. The van der Waals surface area contributed by atoms with Crippen molar-refractivity contribution in [2.45, 2.75) is 13.1 Å². The van der Waals surface area contributed by atoms with Gasteiger partial charge in [0.2, 0.25) is 0 Å². The van der Waals surface area contributed by atoms with Gasteiger partial charge in [-0.25, -0.2) is 0 Å². The molecule has 4 rings (SSSR count). The first-order chi connectivity index (χ1) is 15.5. The lowest BCUT2D eigenvalue weighted by Gasteiger charge is -2.15. The third kappa shape index (κ3) is 5.06. The van der Waals surface area contributed by atoms with Gasteiger partial charge in [-0.05, 0) is 62.6 Å². The Bertz CT molecular complexity index is 1180. The molecule has 1 saturated heterocycles. The zero-order valence-corrected chi connectivity index (χ0v) is 19.8. The maximum atomic E-state index is 13.3. The summed E-state index contributed by atoms with van der Waals surface area (Å²) in [6.45, 7) is 0.938. The number of ether oxygens (including phenoxy) is 1. The monoisotopic (exact) mass is 508 g/mol. The van der Waals surface area contributed by atoms with E-state index in [1.807, 2.05) is 60.7 Å². The topological polar surface area (TPSA) is 62.1 Å². The Morgan fingerprint density at radius 3 is 2.38 bits per heavy atom. The molecule has 0 spiro atoms. The Balaban J connectivity index is 1.67. The molecule has 5 nitrogen and oxygen atoms in total. The van der Waals surface area contributed by atoms with Crippen LogP contribution in [0.3, 0.4) is 0 Å². The number of carbonyl (C=O) groups is 1. The van der Waals surface area contributed by atoms with Crippen LogP contribution >= 0.6 is 27.7 Å². The summed E-state index contributed by atoms with van der Waals surface area (Å²) in [6, 6.07) is 23.3. The second kappa shape index (κ2) is 10.1. The van der Waals surface area contributed by atoms with Gasteiger partial charge in [0.25, 0.3) is 5.91 Å². The highest BCUT2D eigenvalue weighted by atomic mass is 79.9. The van der Waals surface area contributed by atoms with Crippen molar-refractivity contribution in [3.05, 3.63) is 98.9 Å². The Hall–Kier alpha value is -3.03. The number of amides is 1. The fraction of sp³-hybridized carbons (Fsp3) is 0.120. The number of benzene rings is 3. The quantitative estimate of drug-likeness (QED) is 0.425. The highest BCUT2D eigenvalue weighted by Crippen LogP contribution is 2.38. The van der Waals surface area contributed by atoms with Crippen LogP contribution < -0.4 is 4.74 Å². The maximum absolute atomic E-state index is 13.3. The van der Waals surface area contributed by atoms with Gasteiger partial charge >= 0.3 is 0 Å². The van der Waals surface area contributed by atoms with Crippen molar-refractivity contribution < 1.29 is 14.6 Å². The number of phenolic OH excluding ortho intramolecular Hbond substituents is 1. The largest absolute Gasteiger partial charge is 0.503 e. The number of thioether (sulfide) groups is 1. The number of methoxy groups -OCH3 is 1. The van der Waals surface area contributed by atoms with E-state index in [9.17, 15) is 9.90 Å². The van der Waals surface area contributed by atoms with Gasteiger partial charge in [-0.2, -0.15) is 0 Å². The van der Waals surface area contributed by atoms with Crippen molar-refractivity contribution in [3.8, 4) is 11.5 Å². The minimum absolute atomic E-state index is 0.0240. The number of aromatic hydroxyl groups is 1. The van der Waals surface area contributed by atoms with Gasteiger partial charge in [0, 0.05) is 0 Å². The summed E-state index contributed by atoms with van der Waals surface area (Å²) < 4.78 is 5.73. The number of amidine groups is 1. The number of hydrogen-bond donors (Lipinski definition) is 1. The number of hydrogen-bond acceptors (Lipinski definition) is 5. The standard InChI is InChI=1S/C25H21BrN2O3S/c1-31-21-13-19(12-20(26)23(21)29)14-22-24(30)28(16-18-10-6-3-7-11-18)25(32-22)27-15-17-8-4-2-5-9-17/h2-14,29H,15-16H2,1H3/b22-14+,27-25?. The summed E-state index contributed by atoms with van der Waals surface area (Å²) in [5, 5.41) is 10.7. The van der Waals surface area contributed by atoms with Gasteiger partial charge in [0.05, 0.1) is 29.6 Å². The molecule has 3 aromatic carbocycles. The number of halogens is 1. The van der Waals surface area contributed by atoms with Crippen molar-refractivity contribution >= 4 is 44.8 Å². The molecular formula is C25H21BrN2O3S. The predicted octanol–water partition coefficient (Wildman–Crippen LogP) is 5.84. The Labute approximate surface area is 199 Å². The molecule has 32 heavy (non-hydrogen) atoms. The van der Waals surface area contributed by atoms with Crippen molar-refractivity contribution in [1.29, 1.82) is 0 Å². The third-order valence-corrected chi connectivity index (χ3v) is 6.53. The molecule has 1 N–H and O–H groups in total. The first-order valence-electron chi connectivity index (χ1n) is 9.95. The van der Waals surface area contributed by atoms with E-state index >= 15 is 0 Å². The molecule has 0 bridgehead atoms. The first kappa shape index (κ1) is 22.2. The summed E-state index contributed by atoms with van der Waals surface area (Å²) in [5.41, 5.74) is 2.85. The van der Waals surface area contributed by atoms with E-state index in [1.165, 1.54) is 18.9 Å². The lowest BCUT2D eigenvalue weighted by Crippen LogP contribution is -2.28. The van der Waals surface area contributed by atoms with Crippen LogP contribution in [0.4, 0.5) is 0 Å². The number of aliphatic imine (C=N–C) groups is 1. The summed E-state index contributed by atoms with van der Waals surface area (Å²) in [4.78, 5) is 20.3. The van der Waals surface area contributed by atoms with E-state index in [2.05, 4.69) is 15.9 Å². The van der Waals surface area contributed by atoms with E-state index < -0.39 is 0 Å². The highest BCUT2D eigenvalue weighted by molar-refractivity contribution is 9.10. The molecule has 7 heteroatoms. The lowest BCUT2D eigenvalue weighted by molar-refractivity contribution is -0.122. The van der Waals surface area contributed by atoms with Crippen LogP contribution in [-0.2, 0) is 17.9 Å². The van der Waals surface area contributed by atoms with Crippen molar-refractivity contribution in [1.82, 2.24) is 4.90 Å². The molecule has 0 aliphatic carbocycles. The van der Waals surface area contributed by atoms with E-state index in [1.54, 1.807) is 23.1 Å². The van der Waals surface area contributed by atoms with E-state index in [0.717, 1.165) is 16.7 Å². The molecule has 1 amide bonds. The predicted molar refractivity (Wildman–Crippen MR) is 132 cm³/mol. The van der Waals surface area contributed by atoms with E-state index in [-0.39, 0.29) is 11.7 Å². The molecule has 0 unspecified atom stereocenters. The molecule has 1 heterocycles. The van der Waals surface area contributed by atoms with Crippen LogP contribution in [0, 0.1) is 0 Å². The molecule has 1 aliphatic heterocycles. The average molecular weight is 509 g/mol. The minimum Gasteiger partial charge on any atom is -0.503 e. The Morgan fingerprint density at radius 2 is 1.72 bits per heavy atom. The minimum atomic E-state index is -0.103. The molecule has 0 saturated carbocycles. The smallest absolute Gasteiger partial charge is 0.267 e. The van der Waals surface area contributed by atoms with Crippen LogP contribution in [0.2, 0.25) is 0 Å². The normalized spacial score (nSPS) is 16.2. The maximum Gasteiger partial charge on any atom is 0.267 e. The zero-order valence-electron chi connectivity index (χ0n) is 17.4. The molecule has 162 valence electrons. The molecule has 3 aromatic rings. The number of rotatable bonds is 6. The van der Waals surface area contributed by atoms with Crippen LogP contribution in [-0.4, -0.2) is 28.2 Å². The van der Waals surface area contributed by atoms with Gasteiger partial charge < -0.3 is 9.84 Å². The summed E-state index contributed by atoms with van der Waals surface area (Å²) in [5.74, 6) is 0.255. The fourth-order valence-corrected chi connectivity index (χ4v) is 4.69. The van der Waals surface area contributed by atoms with Crippen molar-refractivity contribution in [2.24, 2.45) is 4.99 Å². The summed E-state index contributed by atoms with van der Waals surface area (Å²) in [6.07, 6.45) is 1.79. The first-order valence-corrected chi connectivity index (χ1v) is 11.6. The number of carbonyl (C=O) groups excluding carboxylic acids is 1. The molecule has 1 aliphatic rings. The second-order valence-electron chi connectivity index (χ2n) is 7.13. The second-order valence-corrected chi connectivity index (χ2v) is 8.99. The number of phenols is 1. The Morgan fingerprint density at radius 1 is 1.06 bits per heavy atom. The van der Waals surface area contributed by atoms with E-state index in [4.69, 9.17) is 9.73 Å². The highest BCUT2D eigenvalue weighted by Gasteiger charge is 2.33. The molecular weight excluding hydrogens is 488 g/mol. The van der Waals surface area contributed by atoms with Gasteiger partial charge in [-0.3, -0.25) is 14.7 Å². The van der Waals surface area contributed by atoms with Gasteiger partial charge in [0.1, 0.15) is 0 Å². The van der Waals surface area contributed by atoms with Crippen LogP contribution in [0.15, 0.2) is 87.2 Å². The van der Waals surface area contributed by atoms with Crippen LogP contribution in [0.1, 0.15) is 16.7 Å². The fourth-order valence-electron chi connectivity index (χ4n) is 3.26. The van der Waals surface area contributed by atoms with Gasteiger partial charge in [0.15, 0.2) is 16.7 Å². The van der Waals surface area contributed by atoms with E-state index in [0.29, 0.717) is 33.4 Å².